The lowest BCUT2D eigenvalue weighted by Crippen LogP contribution is -2.67. The van der Waals surface area contributed by atoms with Crippen LogP contribution in [0.4, 0.5) is 0 Å². The lowest BCUT2D eigenvalue weighted by Gasteiger charge is -2.45. The van der Waals surface area contributed by atoms with Crippen molar-refractivity contribution in [1.29, 1.82) is 0 Å². The Morgan fingerprint density at radius 1 is 0.959 bits per heavy atom. The first-order chi connectivity index (χ1) is 23.2. The van der Waals surface area contributed by atoms with Crippen LogP contribution in [-0.2, 0) is 28.2 Å². The number of fused-ring (bicyclic) bond motifs is 1. The van der Waals surface area contributed by atoms with Crippen molar-refractivity contribution in [1.82, 2.24) is 0 Å². The normalized spacial score (nSPS) is 30.0. The number of esters is 2. The Bertz CT molecular complexity index is 1390. The third-order valence-electron chi connectivity index (χ3n) is 10.2. The van der Waals surface area contributed by atoms with Crippen molar-refractivity contribution < 1.29 is 28.2 Å². The molecule has 2 aromatic rings. The first kappa shape index (κ1) is 38.8. The SMILES string of the molecule is CCC[C@]1(C)C[C@H]2OC(=O)/C=C/[C@@H](C)CC(=O)O[C@@H](C[C@@H](C)O[Si](c3ccccc3)(c3ccccc3)C(C)(C)C)[C@H](C)/C=C(/C)CC[C@@H]2O1. The summed E-state index contributed by atoms with van der Waals surface area (Å²) in [7, 11) is -2.80. The summed E-state index contributed by atoms with van der Waals surface area (Å²) in [6.07, 6.45) is 9.32. The van der Waals surface area contributed by atoms with Crippen molar-refractivity contribution in [3.63, 3.8) is 0 Å². The first-order valence-electron chi connectivity index (χ1n) is 18.4. The lowest BCUT2D eigenvalue weighted by atomic mass is 9.93. The highest BCUT2D eigenvalue weighted by atomic mass is 28.4. The van der Waals surface area contributed by atoms with Crippen molar-refractivity contribution in [3.05, 3.63) is 84.5 Å². The summed E-state index contributed by atoms with van der Waals surface area (Å²) in [6.45, 7) is 19.4. The second-order valence-corrected chi connectivity index (χ2v) is 20.1. The summed E-state index contributed by atoms with van der Waals surface area (Å²) >= 11 is 0. The fourth-order valence-corrected chi connectivity index (χ4v) is 12.5. The molecule has 0 aromatic heterocycles. The summed E-state index contributed by atoms with van der Waals surface area (Å²) < 4.78 is 26.2. The molecule has 2 aliphatic rings. The molecular formula is C42H60O6Si. The molecule has 2 aliphatic heterocycles. The molecule has 0 radical (unpaired) electrons. The monoisotopic (exact) mass is 688 g/mol. The summed E-state index contributed by atoms with van der Waals surface area (Å²) in [5.74, 6) is -0.887. The Labute approximate surface area is 296 Å². The Kier molecular flexibility index (Phi) is 13.3. The van der Waals surface area contributed by atoms with E-state index in [2.05, 4.69) is 122 Å². The van der Waals surface area contributed by atoms with E-state index in [0.29, 0.717) is 12.8 Å². The van der Waals surface area contributed by atoms with Gasteiger partial charge >= 0.3 is 11.9 Å². The van der Waals surface area contributed by atoms with Crippen LogP contribution in [0.5, 0.6) is 0 Å². The Balaban J connectivity index is 1.63. The van der Waals surface area contributed by atoms with Crippen LogP contribution in [0.1, 0.15) is 107 Å². The molecule has 2 aromatic carbocycles. The number of carbonyl (C=O) groups is 2. The summed E-state index contributed by atoms with van der Waals surface area (Å²) in [5, 5.41) is 2.28. The van der Waals surface area contributed by atoms with E-state index in [1.807, 2.05) is 6.92 Å². The minimum Gasteiger partial charge on any atom is -0.462 e. The zero-order valence-electron chi connectivity index (χ0n) is 31.4. The third-order valence-corrected chi connectivity index (χ3v) is 15.3. The first-order valence-corrected chi connectivity index (χ1v) is 20.3. The van der Waals surface area contributed by atoms with Gasteiger partial charge in [0, 0.05) is 30.9 Å². The fourth-order valence-electron chi connectivity index (χ4n) is 7.83. The minimum atomic E-state index is -2.80. The average molecular weight is 689 g/mol. The maximum Gasteiger partial charge on any atom is 0.330 e. The van der Waals surface area contributed by atoms with Crippen LogP contribution >= 0.6 is 0 Å². The molecule has 4 rings (SSSR count). The van der Waals surface area contributed by atoms with E-state index >= 15 is 0 Å². The number of hydrogen-bond donors (Lipinski definition) is 0. The summed E-state index contributed by atoms with van der Waals surface area (Å²) in [4.78, 5) is 26.3. The molecule has 6 nitrogen and oxygen atoms in total. The van der Waals surface area contributed by atoms with Crippen LogP contribution in [0.15, 0.2) is 84.5 Å². The molecule has 7 atom stereocenters. The second kappa shape index (κ2) is 16.8. The zero-order valence-corrected chi connectivity index (χ0v) is 32.4. The highest BCUT2D eigenvalue weighted by Gasteiger charge is 2.51. The molecule has 268 valence electrons. The van der Waals surface area contributed by atoms with Crippen molar-refractivity contribution in [3.8, 4) is 0 Å². The van der Waals surface area contributed by atoms with Crippen molar-refractivity contribution in [2.45, 2.75) is 142 Å². The molecule has 1 saturated heterocycles. The van der Waals surface area contributed by atoms with Gasteiger partial charge in [0.1, 0.15) is 12.2 Å². The molecule has 0 N–H and O–H groups in total. The van der Waals surface area contributed by atoms with Gasteiger partial charge in [-0.2, -0.15) is 0 Å². The zero-order chi connectivity index (χ0) is 35.8. The van der Waals surface area contributed by atoms with Crippen molar-refractivity contribution in [2.24, 2.45) is 11.8 Å². The molecule has 0 aliphatic carbocycles. The van der Waals surface area contributed by atoms with E-state index in [-0.39, 0.29) is 65.3 Å². The third kappa shape index (κ3) is 10.0. The van der Waals surface area contributed by atoms with Gasteiger partial charge < -0.3 is 18.6 Å². The molecule has 7 heteroatoms. The van der Waals surface area contributed by atoms with Gasteiger partial charge in [-0.05, 0) is 61.4 Å². The molecule has 0 saturated carbocycles. The number of hydrogen-bond acceptors (Lipinski definition) is 6. The van der Waals surface area contributed by atoms with Crippen LogP contribution < -0.4 is 10.4 Å². The molecule has 2 heterocycles. The van der Waals surface area contributed by atoms with Gasteiger partial charge in [-0.1, -0.05) is 126 Å². The van der Waals surface area contributed by atoms with Crippen LogP contribution in [0.3, 0.4) is 0 Å². The Morgan fingerprint density at radius 3 is 2.14 bits per heavy atom. The highest BCUT2D eigenvalue weighted by Crippen LogP contribution is 2.40. The Morgan fingerprint density at radius 2 is 1.57 bits per heavy atom. The van der Waals surface area contributed by atoms with Crippen molar-refractivity contribution >= 4 is 30.6 Å². The number of cyclic esters (lactones) is 1. The van der Waals surface area contributed by atoms with Crippen molar-refractivity contribution in [2.75, 3.05) is 0 Å². The van der Waals surface area contributed by atoms with E-state index in [1.165, 1.54) is 22.0 Å². The second-order valence-electron chi connectivity index (χ2n) is 15.8. The largest absolute Gasteiger partial charge is 0.462 e. The van der Waals surface area contributed by atoms with Crippen LogP contribution in [0, 0.1) is 11.8 Å². The van der Waals surface area contributed by atoms with Gasteiger partial charge in [0.25, 0.3) is 8.32 Å². The van der Waals surface area contributed by atoms with Gasteiger partial charge in [0.15, 0.2) is 0 Å². The van der Waals surface area contributed by atoms with Gasteiger partial charge in [-0.15, -0.1) is 0 Å². The van der Waals surface area contributed by atoms with Gasteiger partial charge in [0.2, 0.25) is 0 Å². The molecule has 0 spiro atoms. The average Bonchev–Trinajstić information content (AvgIpc) is 3.35. The van der Waals surface area contributed by atoms with Gasteiger partial charge in [-0.25, -0.2) is 4.79 Å². The molecule has 1 fully saturated rings. The van der Waals surface area contributed by atoms with Crippen LogP contribution in [0.2, 0.25) is 5.04 Å². The maximum absolute atomic E-state index is 13.4. The number of ether oxygens (including phenoxy) is 3. The maximum atomic E-state index is 13.4. The van der Waals surface area contributed by atoms with E-state index in [1.54, 1.807) is 6.08 Å². The molecule has 0 bridgehead atoms. The summed E-state index contributed by atoms with van der Waals surface area (Å²) in [5.41, 5.74) is 0.897. The number of carbonyl (C=O) groups excluding carboxylic acids is 2. The molecule has 0 unspecified atom stereocenters. The standard InChI is InChI=1S/C42H60O6Si/c1-10-25-42(9)29-38-36(47-42)23-21-30(2)26-32(4)37(45-40(44)27-31(3)22-24-39(43)46-38)28-33(5)48-49(41(6,7)8,34-17-13-11-14-18-34)35-19-15-12-16-20-35/h11-20,22,24,26,31-33,36-38H,10,21,23,25,27-29H2,1-9H3/b24-22+,30-26-/t31-,32-,33-,36+,37+,38-,42-/m1/s1. The van der Waals surface area contributed by atoms with Gasteiger partial charge in [0.05, 0.1) is 18.1 Å². The Hall–Kier alpha value is -3.00. The quantitative estimate of drug-likeness (QED) is 0.158. The predicted octanol–water partition coefficient (Wildman–Crippen LogP) is 8.47. The number of benzene rings is 2. The van der Waals surface area contributed by atoms with E-state index < -0.39 is 8.32 Å². The van der Waals surface area contributed by atoms with E-state index in [0.717, 1.165) is 25.7 Å². The minimum absolute atomic E-state index is 0.0311. The molecular weight excluding hydrogens is 629 g/mol. The van der Waals surface area contributed by atoms with E-state index in [9.17, 15) is 9.59 Å². The van der Waals surface area contributed by atoms with Crippen LogP contribution in [0.25, 0.3) is 0 Å². The molecule has 0 amide bonds. The van der Waals surface area contributed by atoms with Gasteiger partial charge in [-0.3, -0.25) is 4.79 Å². The summed E-state index contributed by atoms with van der Waals surface area (Å²) in [6, 6.07) is 21.3. The van der Waals surface area contributed by atoms with Crippen LogP contribution in [-0.4, -0.2) is 50.3 Å². The van der Waals surface area contributed by atoms with E-state index in [4.69, 9.17) is 18.6 Å². The smallest absolute Gasteiger partial charge is 0.330 e. The highest BCUT2D eigenvalue weighted by molar-refractivity contribution is 6.99. The predicted molar refractivity (Wildman–Crippen MR) is 200 cm³/mol. The number of allylic oxidation sites excluding steroid dienone is 2. The lowest BCUT2D eigenvalue weighted by molar-refractivity contribution is -0.153. The molecule has 49 heavy (non-hydrogen) atoms. The fraction of sp³-hybridized carbons (Fsp3) is 0.571. The topological polar surface area (TPSA) is 71.1 Å². The number of rotatable bonds is 8.